The number of amides is 2. The largest absolute Gasteiger partial charge is 0.453 e. The second kappa shape index (κ2) is 7.14. The number of carbonyl (C=O) groups is 2. The molecule has 9 heteroatoms. The zero-order valence-corrected chi connectivity index (χ0v) is 13.9. The minimum Gasteiger partial charge on any atom is -0.453 e. The standard InChI is InChI=1S/C16H13N3O5S/c1-23-16(22)19-15-17-10(8-25-15)7-13(20)18-11-6-9-4-2-3-5-12(9)24-14(11)21/h2-6,8H,7H2,1H3,(H,18,20)(H,17,19,22). The number of ether oxygens (including phenoxy) is 1. The van der Waals surface area contributed by atoms with Gasteiger partial charge in [-0.25, -0.2) is 14.6 Å². The Hall–Kier alpha value is -3.20. The van der Waals surface area contributed by atoms with Gasteiger partial charge in [-0.2, -0.15) is 0 Å². The van der Waals surface area contributed by atoms with Gasteiger partial charge in [-0.05, 0) is 12.1 Å². The Balaban J connectivity index is 1.69. The molecule has 0 fully saturated rings. The van der Waals surface area contributed by atoms with Gasteiger partial charge in [0.15, 0.2) is 5.13 Å². The first-order valence-electron chi connectivity index (χ1n) is 7.17. The van der Waals surface area contributed by atoms with E-state index in [1.165, 1.54) is 7.11 Å². The van der Waals surface area contributed by atoms with Gasteiger partial charge in [0, 0.05) is 10.8 Å². The lowest BCUT2D eigenvalue weighted by Gasteiger charge is -2.04. The number of nitrogens with zero attached hydrogens (tertiary/aromatic N) is 1. The van der Waals surface area contributed by atoms with Gasteiger partial charge in [-0.3, -0.25) is 10.1 Å². The number of hydrogen-bond donors (Lipinski definition) is 2. The maximum Gasteiger partial charge on any atom is 0.413 e. The maximum absolute atomic E-state index is 12.1. The highest BCUT2D eigenvalue weighted by molar-refractivity contribution is 7.13. The molecule has 0 radical (unpaired) electrons. The summed E-state index contributed by atoms with van der Waals surface area (Å²) in [5.74, 6) is -0.419. The fourth-order valence-electron chi connectivity index (χ4n) is 2.09. The molecule has 2 aromatic heterocycles. The van der Waals surface area contributed by atoms with Crippen LogP contribution >= 0.6 is 11.3 Å². The predicted octanol–water partition coefficient (Wildman–Crippen LogP) is 2.61. The highest BCUT2D eigenvalue weighted by Crippen LogP contribution is 2.17. The maximum atomic E-state index is 12.1. The first kappa shape index (κ1) is 16.7. The topological polar surface area (TPSA) is 111 Å². The number of nitrogens with one attached hydrogen (secondary N) is 2. The van der Waals surface area contributed by atoms with Crippen LogP contribution in [-0.4, -0.2) is 24.1 Å². The summed E-state index contributed by atoms with van der Waals surface area (Å²) in [4.78, 5) is 39.2. The van der Waals surface area contributed by atoms with Crippen molar-refractivity contribution in [3.05, 3.63) is 51.8 Å². The van der Waals surface area contributed by atoms with E-state index in [-0.39, 0.29) is 12.1 Å². The van der Waals surface area contributed by atoms with E-state index < -0.39 is 17.6 Å². The van der Waals surface area contributed by atoms with Crippen LogP contribution in [0.3, 0.4) is 0 Å². The summed E-state index contributed by atoms with van der Waals surface area (Å²) in [6.07, 6.45) is -0.690. The molecule has 0 saturated heterocycles. The molecule has 2 amide bonds. The lowest BCUT2D eigenvalue weighted by molar-refractivity contribution is -0.115. The van der Waals surface area contributed by atoms with Crippen LogP contribution in [0.4, 0.5) is 15.6 Å². The van der Waals surface area contributed by atoms with E-state index in [1.807, 2.05) is 0 Å². The number of methoxy groups -OCH3 is 1. The molecule has 0 bridgehead atoms. The van der Waals surface area contributed by atoms with Gasteiger partial charge in [-0.1, -0.05) is 18.2 Å². The first-order chi connectivity index (χ1) is 12.0. The van der Waals surface area contributed by atoms with Gasteiger partial charge in [-0.15, -0.1) is 11.3 Å². The number of anilines is 2. The van der Waals surface area contributed by atoms with E-state index in [0.29, 0.717) is 21.8 Å². The summed E-state index contributed by atoms with van der Waals surface area (Å²) in [7, 11) is 1.24. The van der Waals surface area contributed by atoms with Crippen molar-refractivity contribution in [1.29, 1.82) is 0 Å². The first-order valence-corrected chi connectivity index (χ1v) is 8.05. The van der Waals surface area contributed by atoms with E-state index in [9.17, 15) is 14.4 Å². The zero-order valence-electron chi connectivity index (χ0n) is 13.1. The number of carbonyl (C=O) groups excluding carboxylic acids is 2. The highest BCUT2D eigenvalue weighted by atomic mass is 32.1. The summed E-state index contributed by atoms with van der Waals surface area (Å²) in [5, 5.41) is 7.59. The van der Waals surface area contributed by atoms with Crippen molar-refractivity contribution in [3.63, 3.8) is 0 Å². The van der Waals surface area contributed by atoms with Crippen molar-refractivity contribution >= 4 is 45.1 Å². The van der Waals surface area contributed by atoms with Crippen molar-refractivity contribution in [2.45, 2.75) is 6.42 Å². The molecule has 2 heterocycles. The number of benzene rings is 1. The average Bonchev–Trinajstić information content (AvgIpc) is 3.02. The average molecular weight is 359 g/mol. The Bertz CT molecular complexity index is 995. The molecule has 25 heavy (non-hydrogen) atoms. The van der Waals surface area contributed by atoms with Gasteiger partial charge in [0.1, 0.15) is 11.3 Å². The second-order valence-corrected chi connectivity index (χ2v) is 5.83. The molecule has 8 nitrogen and oxygen atoms in total. The third-order valence-corrected chi connectivity index (χ3v) is 4.01. The smallest absolute Gasteiger partial charge is 0.413 e. The van der Waals surface area contributed by atoms with Crippen LogP contribution < -0.4 is 16.3 Å². The Labute approximate surface area is 145 Å². The molecule has 0 aliphatic carbocycles. The number of thiazole rings is 1. The van der Waals surface area contributed by atoms with Crippen LogP contribution in [0.15, 0.2) is 44.9 Å². The van der Waals surface area contributed by atoms with Crippen molar-refractivity contribution in [2.75, 3.05) is 17.7 Å². The highest BCUT2D eigenvalue weighted by Gasteiger charge is 2.12. The van der Waals surface area contributed by atoms with Crippen LogP contribution in [0.25, 0.3) is 11.0 Å². The molecule has 128 valence electrons. The second-order valence-electron chi connectivity index (χ2n) is 4.97. The van der Waals surface area contributed by atoms with E-state index in [1.54, 1.807) is 35.7 Å². The van der Waals surface area contributed by atoms with E-state index in [2.05, 4.69) is 20.4 Å². The predicted molar refractivity (Wildman–Crippen MR) is 93.0 cm³/mol. The van der Waals surface area contributed by atoms with E-state index in [0.717, 1.165) is 11.3 Å². The molecule has 2 N–H and O–H groups in total. The van der Waals surface area contributed by atoms with Crippen LogP contribution in [0.5, 0.6) is 0 Å². The van der Waals surface area contributed by atoms with Crippen molar-refractivity contribution < 1.29 is 18.7 Å². The Kier molecular flexibility index (Phi) is 4.75. The molecular formula is C16H13N3O5S. The number of hydrogen-bond acceptors (Lipinski definition) is 7. The van der Waals surface area contributed by atoms with Gasteiger partial charge < -0.3 is 14.5 Å². The third-order valence-electron chi connectivity index (χ3n) is 3.20. The lowest BCUT2D eigenvalue weighted by atomic mass is 10.2. The number of fused-ring (bicyclic) bond motifs is 1. The van der Waals surface area contributed by atoms with Crippen LogP contribution in [-0.2, 0) is 16.0 Å². The molecule has 3 rings (SSSR count). The molecular weight excluding hydrogens is 346 g/mol. The Morgan fingerprint density at radius 3 is 2.88 bits per heavy atom. The SMILES string of the molecule is COC(=O)Nc1nc(CC(=O)Nc2cc3ccccc3oc2=O)cs1. The summed E-state index contributed by atoms with van der Waals surface area (Å²) in [5.41, 5.74) is 0.341. The molecule has 0 unspecified atom stereocenters. The van der Waals surface area contributed by atoms with Crippen molar-refractivity contribution in [2.24, 2.45) is 0 Å². The minimum atomic E-state index is -0.640. The third kappa shape index (κ3) is 4.01. The number of rotatable bonds is 4. The van der Waals surface area contributed by atoms with Crippen molar-refractivity contribution in [3.8, 4) is 0 Å². The monoisotopic (exact) mass is 359 g/mol. The van der Waals surface area contributed by atoms with Crippen LogP contribution in [0.1, 0.15) is 5.69 Å². The summed E-state index contributed by atoms with van der Waals surface area (Å²) in [6, 6.07) is 8.57. The quantitative estimate of drug-likeness (QED) is 0.693. The number of aromatic nitrogens is 1. The fourth-order valence-corrected chi connectivity index (χ4v) is 2.79. The van der Waals surface area contributed by atoms with Crippen LogP contribution in [0, 0.1) is 0 Å². The van der Waals surface area contributed by atoms with E-state index >= 15 is 0 Å². The molecule has 0 saturated carbocycles. The molecule has 0 aliphatic heterocycles. The minimum absolute atomic E-state index is 0.0500. The lowest BCUT2D eigenvalue weighted by Crippen LogP contribution is -2.19. The molecule has 0 spiro atoms. The van der Waals surface area contributed by atoms with E-state index in [4.69, 9.17) is 4.42 Å². The summed E-state index contributed by atoms with van der Waals surface area (Å²) >= 11 is 1.16. The fraction of sp³-hybridized carbons (Fsp3) is 0.125. The molecule has 3 aromatic rings. The molecule has 1 aromatic carbocycles. The number of para-hydroxylation sites is 1. The summed E-state index contributed by atoms with van der Waals surface area (Å²) in [6.45, 7) is 0. The Morgan fingerprint density at radius 2 is 2.08 bits per heavy atom. The van der Waals surface area contributed by atoms with Gasteiger partial charge in [0.2, 0.25) is 5.91 Å². The van der Waals surface area contributed by atoms with Gasteiger partial charge >= 0.3 is 11.7 Å². The normalized spacial score (nSPS) is 10.4. The Morgan fingerprint density at radius 1 is 1.28 bits per heavy atom. The molecule has 0 aliphatic rings. The van der Waals surface area contributed by atoms with Gasteiger partial charge in [0.25, 0.3) is 0 Å². The zero-order chi connectivity index (χ0) is 17.8. The van der Waals surface area contributed by atoms with Crippen molar-refractivity contribution in [1.82, 2.24) is 4.98 Å². The van der Waals surface area contributed by atoms with Gasteiger partial charge in [0.05, 0.1) is 19.2 Å². The van der Waals surface area contributed by atoms with Crippen LogP contribution in [0.2, 0.25) is 0 Å². The molecule has 0 atom stereocenters. The summed E-state index contributed by atoms with van der Waals surface area (Å²) < 4.78 is 9.62.